The van der Waals surface area contributed by atoms with Gasteiger partial charge in [-0.2, -0.15) is 0 Å². The van der Waals surface area contributed by atoms with Crippen LogP contribution in [0.4, 0.5) is 4.39 Å². The highest BCUT2D eigenvalue weighted by atomic mass is 19.1. The summed E-state index contributed by atoms with van der Waals surface area (Å²) in [5, 5.41) is 0. The van der Waals surface area contributed by atoms with Gasteiger partial charge < -0.3 is 5.73 Å². The van der Waals surface area contributed by atoms with Crippen LogP contribution < -0.4 is 5.73 Å². The van der Waals surface area contributed by atoms with Gasteiger partial charge in [-0.3, -0.25) is 9.78 Å². The Morgan fingerprint density at radius 1 is 1.67 bits per heavy atom. The monoisotopic (exact) mass is 166 g/mol. The molecule has 0 radical (unpaired) electrons. The zero-order valence-corrected chi connectivity index (χ0v) is 6.20. The van der Waals surface area contributed by atoms with Crippen molar-refractivity contribution >= 4 is 12.0 Å². The molecule has 62 valence electrons. The first kappa shape index (κ1) is 8.39. The van der Waals surface area contributed by atoms with Gasteiger partial charge in [-0.15, -0.1) is 0 Å². The minimum Gasteiger partial charge on any atom is -0.366 e. The number of hydrogen-bond donors (Lipinski definition) is 1. The number of amides is 1. The van der Waals surface area contributed by atoms with Gasteiger partial charge in [0.1, 0.15) is 5.82 Å². The number of hydrogen-bond acceptors (Lipinski definition) is 2. The lowest BCUT2D eigenvalue weighted by molar-refractivity contribution is -0.113. The van der Waals surface area contributed by atoms with E-state index < -0.39 is 11.7 Å². The second-order valence-electron chi connectivity index (χ2n) is 2.11. The van der Waals surface area contributed by atoms with E-state index in [4.69, 9.17) is 5.73 Å². The standard InChI is InChI=1S/C8H7FN2O/c9-6-2-1-5-11-7(6)3-4-8(10)12/h1-5H,(H2,10,12). The molecule has 12 heavy (non-hydrogen) atoms. The molecule has 1 rings (SSSR count). The lowest BCUT2D eigenvalue weighted by Gasteiger charge is -1.92. The number of carbonyl (C=O) groups excluding carboxylic acids is 1. The number of halogens is 1. The first-order chi connectivity index (χ1) is 5.70. The Morgan fingerprint density at radius 3 is 3.00 bits per heavy atom. The molecular formula is C8H7FN2O. The molecule has 2 N–H and O–H groups in total. The Labute approximate surface area is 68.7 Å². The van der Waals surface area contributed by atoms with E-state index in [0.717, 1.165) is 6.08 Å². The maximum atomic E-state index is 12.8. The van der Waals surface area contributed by atoms with Gasteiger partial charge in [-0.05, 0) is 18.2 Å². The van der Waals surface area contributed by atoms with Crippen molar-refractivity contribution in [2.75, 3.05) is 0 Å². The third-order valence-corrected chi connectivity index (χ3v) is 1.19. The smallest absolute Gasteiger partial charge is 0.241 e. The molecule has 3 nitrogen and oxygen atoms in total. The Morgan fingerprint density at radius 2 is 2.42 bits per heavy atom. The van der Waals surface area contributed by atoms with E-state index in [9.17, 15) is 9.18 Å². The van der Waals surface area contributed by atoms with E-state index in [0.29, 0.717) is 0 Å². The maximum Gasteiger partial charge on any atom is 0.241 e. The average Bonchev–Trinajstić information content (AvgIpc) is 2.03. The van der Waals surface area contributed by atoms with E-state index in [1.807, 2.05) is 0 Å². The molecule has 0 aliphatic rings. The summed E-state index contributed by atoms with van der Waals surface area (Å²) in [6.45, 7) is 0. The van der Waals surface area contributed by atoms with Crippen LogP contribution >= 0.6 is 0 Å². The molecule has 0 bridgehead atoms. The fourth-order valence-electron chi connectivity index (χ4n) is 0.682. The molecule has 0 spiro atoms. The summed E-state index contributed by atoms with van der Waals surface area (Å²) in [7, 11) is 0. The second kappa shape index (κ2) is 3.61. The quantitative estimate of drug-likeness (QED) is 0.658. The van der Waals surface area contributed by atoms with Gasteiger partial charge in [0.2, 0.25) is 5.91 Å². The summed E-state index contributed by atoms with van der Waals surface area (Å²) < 4.78 is 12.8. The van der Waals surface area contributed by atoms with Gasteiger partial charge in [-0.25, -0.2) is 4.39 Å². The number of rotatable bonds is 2. The average molecular weight is 166 g/mol. The number of nitrogens with zero attached hydrogens (tertiary/aromatic N) is 1. The number of aromatic nitrogens is 1. The predicted octanol–water partition coefficient (Wildman–Crippen LogP) is 0.719. The fourth-order valence-corrected chi connectivity index (χ4v) is 0.682. The molecule has 0 unspecified atom stereocenters. The third-order valence-electron chi connectivity index (χ3n) is 1.19. The highest BCUT2D eigenvalue weighted by Gasteiger charge is 1.96. The van der Waals surface area contributed by atoms with Crippen molar-refractivity contribution in [1.29, 1.82) is 0 Å². The van der Waals surface area contributed by atoms with Crippen molar-refractivity contribution in [1.82, 2.24) is 4.98 Å². The number of carbonyl (C=O) groups is 1. The number of primary amides is 1. The van der Waals surface area contributed by atoms with E-state index in [2.05, 4.69) is 4.98 Å². The zero-order chi connectivity index (χ0) is 8.97. The highest BCUT2D eigenvalue weighted by molar-refractivity contribution is 5.89. The first-order valence-electron chi connectivity index (χ1n) is 3.28. The van der Waals surface area contributed by atoms with Gasteiger partial charge in [-0.1, -0.05) is 0 Å². The third kappa shape index (κ3) is 2.16. The topological polar surface area (TPSA) is 56.0 Å². The largest absolute Gasteiger partial charge is 0.366 e. The normalized spacial score (nSPS) is 10.4. The van der Waals surface area contributed by atoms with Crippen molar-refractivity contribution in [3.05, 3.63) is 35.9 Å². The van der Waals surface area contributed by atoms with Gasteiger partial charge in [0.15, 0.2) is 0 Å². The molecule has 1 aromatic rings. The van der Waals surface area contributed by atoms with Gasteiger partial charge in [0, 0.05) is 12.3 Å². The van der Waals surface area contributed by atoms with Crippen LogP contribution in [-0.4, -0.2) is 10.9 Å². The Hall–Kier alpha value is -1.71. The van der Waals surface area contributed by atoms with Crippen LogP contribution in [0.15, 0.2) is 24.4 Å². The van der Waals surface area contributed by atoms with E-state index >= 15 is 0 Å². The highest BCUT2D eigenvalue weighted by Crippen LogP contribution is 2.03. The fraction of sp³-hybridized carbons (Fsp3) is 0. The summed E-state index contributed by atoms with van der Waals surface area (Å²) >= 11 is 0. The minimum atomic E-state index is -0.625. The van der Waals surface area contributed by atoms with E-state index in [1.165, 1.54) is 24.4 Å². The minimum absolute atomic E-state index is 0.108. The molecule has 0 aliphatic heterocycles. The molecule has 0 aromatic carbocycles. The summed E-state index contributed by atoms with van der Waals surface area (Å²) in [4.78, 5) is 13.9. The predicted molar refractivity (Wildman–Crippen MR) is 42.4 cm³/mol. The van der Waals surface area contributed by atoms with Crippen LogP contribution in [0.3, 0.4) is 0 Å². The van der Waals surface area contributed by atoms with Crippen LogP contribution in [0, 0.1) is 5.82 Å². The van der Waals surface area contributed by atoms with E-state index in [-0.39, 0.29) is 5.69 Å². The molecule has 1 heterocycles. The Balaban J connectivity index is 2.89. The summed E-state index contributed by atoms with van der Waals surface area (Å²) in [6.07, 6.45) is 3.73. The van der Waals surface area contributed by atoms with Gasteiger partial charge in [0.25, 0.3) is 0 Å². The number of nitrogens with two attached hydrogens (primary N) is 1. The van der Waals surface area contributed by atoms with Crippen LogP contribution in [0.5, 0.6) is 0 Å². The van der Waals surface area contributed by atoms with Gasteiger partial charge >= 0.3 is 0 Å². The van der Waals surface area contributed by atoms with Crippen LogP contribution in [0.25, 0.3) is 6.08 Å². The van der Waals surface area contributed by atoms with Crippen molar-refractivity contribution in [2.45, 2.75) is 0 Å². The molecule has 1 aromatic heterocycles. The molecule has 0 atom stereocenters. The zero-order valence-electron chi connectivity index (χ0n) is 6.20. The summed E-state index contributed by atoms with van der Waals surface area (Å²) in [5.74, 6) is -1.10. The summed E-state index contributed by atoms with van der Waals surface area (Å²) in [6, 6.07) is 2.73. The SMILES string of the molecule is NC(=O)C=Cc1ncccc1F. The molecule has 0 fully saturated rings. The molecule has 0 saturated carbocycles. The van der Waals surface area contributed by atoms with E-state index in [1.54, 1.807) is 0 Å². The molecule has 4 heteroatoms. The summed E-state index contributed by atoms with van der Waals surface area (Å²) in [5.41, 5.74) is 4.92. The Kier molecular flexibility index (Phi) is 2.53. The Bertz CT molecular complexity index is 323. The molecule has 0 aliphatic carbocycles. The molecule has 1 amide bonds. The lowest BCUT2D eigenvalue weighted by atomic mass is 10.3. The maximum absolute atomic E-state index is 12.8. The second-order valence-corrected chi connectivity index (χ2v) is 2.11. The van der Waals surface area contributed by atoms with Gasteiger partial charge in [0.05, 0.1) is 5.69 Å². The molecule has 0 saturated heterocycles. The van der Waals surface area contributed by atoms with Crippen molar-refractivity contribution < 1.29 is 9.18 Å². The van der Waals surface area contributed by atoms with Crippen LogP contribution in [-0.2, 0) is 4.79 Å². The number of pyridine rings is 1. The van der Waals surface area contributed by atoms with Crippen molar-refractivity contribution in [3.63, 3.8) is 0 Å². The van der Waals surface area contributed by atoms with Crippen molar-refractivity contribution in [3.8, 4) is 0 Å². The van der Waals surface area contributed by atoms with Crippen LogP contribution in [0.2, 0.25) is 0 Å². The first-order valence-corrected chi connectivity index (χ1v) is 3.28. The van der Waals surface area contributed by atoms with Crippen LogP contribution in [0.1, 0.15) is 5.69 Å². The molecular weight excluding hydrogens is 159 g/mol. The van der Waals surface area contributed by atoms with Crippen molar-refractivity contribution in [2.24, 2.45) is 5.73 Å². The lowest BCUT2D eigenvalue weighted by Crippen LogP contribution is -2.05.